The van der Waals surface area contributed by atoms with E-state index in [4.69, 9.17) is 16.0 Å². The molecule has 0 aliphatic carbocycles. The van der Waals surface area contributed by atoms with Crippen molar-refractivity contribution in [1.82, 2.24) is 9.88 Å². The molecular weight excluding hydrogens is 450 g/mol. The van der Waals surface area contributed by atoms with Crippen molar-refractivity contribution in [1.29, 1.82) is 0 Å². The highest BCUT2D eigenvalue weighted by Crippen LogP contribution is 2.35. The topological polar surface area (TPSA) is 78.6 Å². The van der Waals surface area contributed by atoms with Crippen LogP contribution in [0.25, 0.3) is 11.0 Å². The standard InChI is InChI=1S/C27H26ClN3O3/c1-18-3-2-4-23(29-18)17-31-13-11-27(33,12-14-31)20-5-10-24-19(15-20)16-25(34-24)26(32)30-22-8-6-21(28)7-9-22/h2-10,15-16,33H,11-14,17H2,1H3,(H,30,32). The van der Waals surface area contributed by atoms with Gasteiger partial charge in [-0.3, -0.25) is 14.7 Å². The van der Waals surface area contributed by atoms with E-state index in [2.05, 4.69) is 15.2 Å². The van der Waals surface area contributed by atoms with E-state index < -0.39 is 5.60 Å². The lowest BCUT2D eigenvalue weighted by molar-refractivity contribution is -0.0278. The zero-order chi connectivity index (χ0) is 23.7. The molecule has 3 heterocycles. The summed E-state index contributed by atoms with van der Waals surface area (Å²) in [5, 5.41) is 15.6. The quantitative estimate of drug-likeness (QED) is 0.397. The number of halogens is 1. The summed E-state index contributed by atoms with van der Waals surface area (Å²) in [6.45, 7) is 4.34. The molecule has 0 bridgehead atoms. The first kappa shape index (κ1) is 22.6. The summed E-state index contributed by atoms with van der Waals surface area (Å²) in [6, 6.07) is 20.3. The molecule has 2 aromatic heterocycles. The van der Waals surface area contributed by atoms with Gasteiger partial charge in [0, 0.05) is 41.4 Å². The van der Waals surface area contributed by atoms with Crippen LogP contribution >= 0.6 is 11.6 Å². The number of hydrogen-bond donors (Lipinski definition) is 2. The number of fused-ring (bicyclic) bond motifs is 1. The van der Waals surface area contributed by atoms with Gasteiger partial charge in [-0.15, -0.1) is 0 Å². The van der Waals surface area contributed by atoms with Crippen molar-refractivity contribution in [3.8, 4) is 0 Å². The summed E-state index contributed by atoms with van der Waals surface area (Å²) in [5.74, 6) is -0.119. The third kappa shape index (κ3) is 4.85. The van der Waals surface area contributed by atoms with Gasteiger partial charge >= 0.3 is 0 Å². The number of aryl methyl sites for hydroxylation is 1. The summed E-state index contributed by atoms with van der Waals surface area (Å²) in [7, 11) is 0. The van der Waals surface area contributed by atoms with E-state index in [1.807, 2.05) is 43.3 Å². The van der Waals surface area contributed by atoms with Crippen LogP contribution in [0.2, 0.25) is 5.02 Å². The average molecular weight is 476 g/mol. The first-order chi connectivity index (χ1) is 16.4. The molecular formula is C27H26ClN3O3. The zero-order valence-electron chi connectivity index (χ0n) is 18.9. The molecule has 1 aliphatic rings. The molecule has 0 atom stereocenters. The number of pyridine rings is 1. The van der Waals surface area contributed by atoms with Gasteiger partial charge in [-0.25, -0.2) is 0 Å². The normalized spacial score (nSPS) is 16.0. The molecule has 2 aromatic carbocycles. The number of furan rings is 1. The van der Waals surface area contributed by atoms with Gasteiger partial charge in [0.2, 0.25) is 0 Å². The zero-order valence-corrected chi connectivity index (χ0v) is 19.7. The van der Waals surface area contributed by atoms with Gasteiger partial charge in [-0.1, -0.05) is 23.7 Å². The van der Waals surface area contributed by atoms with Crippen molar-refractivity contribution in [2.24, 2.45) is 0 Å². The summed E-state index contributed by atoms with van der Waals surface area (Å²) in [5.41, 5.74) is 3.25. The number of hydrogen-bond acceptors (Lipinski definition) is 5. The van der Waals surface area contributed by atoms with Crippen LogP contribution in [0.15, 0.2) is 71.1 Å². The minimum absolute atomic E-state index is 0.217. The number of likely N-dealkylation sites (tertiary alicyclic amines) is 1. The highest BCUT2D eigenvalue weighted by molar-refractivity contribution is 6.30. The Kier molecular flexibility index (Phi) is 6.13. The molecule has 2 N–H and O–H groups in total. The molecule has 1 fully saturated rings. The molecule has 0 radical (unpaired) electrons. The maximum atomic E-state index is 12.6. The highest BCUT2D eigenvalue weighted by Gasteiger charge is 2.34. The van der Waals surface area contributed by atoms with Crippen LogP contribution in [-0.2, 0) is 12.1 Å². The molecule has 1 saturated heterocycles. The van der Waals surface area contributed by atoms with Crippen molar-refractivity contribution in [2.45, 2.75) is 31.9 Å². The van der Waals surface area contributed by atoms with Crippen molar-refractivity contribution in [3.05, 3.63) is 94.5 Å². The Labute approximate surface area is 203 Å². The molecule has 0 saturated carbocycles. The van der Waals surface area contributed by atoms with Crippen molar-refractivity contribution in [3.63, 3.8) is 0 Å². The van der Waals surface area contributed by atoms with Crippen LogP contribution in [0, 0.1) is 6.92 Å². The van der Waals surface area contributed by atoms with Crippen molar-refractivity contribution in [2.75, 3.05) is 18.4 Å². The highest BCUT2D eigenvalue weighted by atomic mass is 35.5. The Morgan fingerprint density at radius 1 is 1.12 bits per heavy atom. The smallest absolute Gasteiger partial charge is 0.291 e. The lowest BCUT2D eigenvalue weighted by Gasteiger charge is -2.38. The number of aliphatic hydroxyl groups is 1. The number of benzene rings is 2. The second kappa shape index (κ2) is 9.22. The molecule has 6 nitrogen and oxygen atoms in total. The number of amides is 1. The van der Waals surface area contributed by atoms with E-state index in [1.54, 1.807) is 30.3 Å². The fourth-order valence-electron chi connectivity index (χ4n) is 4.46. The maximum absolute atomic E-state index is 12.6. The monoisotopic (exact) mass is 475 g/mol. The maximum Gasteiger partial charge on any atom is 0.291 e. The number of carbonyl (C=O) groups excluding carboxylic acids is 1. The number of rotatable bonds is 5. The summed E-state index contributed by atoms with van der Waals surface area (Å²) >= 11 is 5.90. The van der Waals surface area contributed by atoms with Crippen LogP contribution in [-0.4, -0.2) is 34.0 Å². The molecule has 5 rings (SSSR count). The number of aromatic nitrogens is 1. The summed E-state index contributed by atoms with van der Waals surface area (Å²) in [6.07, 6.45) is 1.26. The number of nitrogens with one attached hydrogen (secondary N) is 1. The third-order valence-corrected chi connectivity index (χ3v) is 6.65. The molecule has 7 heteroatoms. The molecule has 0 spiro atoms. The second-order valence-electron chi connectivity index (χ2n) is 8.90. The Bertz CT molecular complexity index is 1320. The Balaban J connectivity index is 1.27. The fourth-order valence-corrected chi connectivity index (χ4v) is 4.58. The van der Waals surface area contributed by atoms with E-state index in [9.17, 15) is 9.90 Å². The molecule has 0 unspecified atom stereocenters. The molecule has 1 amide bonds. The van der Waals surface area contributed by atoms with E-state index in [0.29, 0.717) is 29.1 Å². The van der Waals surface area contributed by atoms with Gasteiger partial charge in [0.25, 0.3) is 5.91 Å². The van der Waals surface area contributed by atoms with Crippen LogP contribution in [0.4, 0.5) is 5.69 Å². The van der Waals surface area contributed by atoms with Crippen LogP contribution in [0.1, 0.15) is 40.3 Å². The minimum Gasteiger partial charge on any atom is -0.451 e. The van der Waals surface area contributed by atoms with Gasteiger partial charge in [0.1, 0.15) is 5.58 Å². The van der Waals surface area contributed by atoms with Crippen molar-refractivity contribution >= 4 is 34.2 Å². The second-order valence-corrected chi connectivity index (χ2v) is 9.34. The minimum atomic E-state index is -0.909. The van der Waals surface area contributed by atoms with Crippen LogP contribution < -0.4 is 5.32 Å². The van der Waals surface area contributed by atoms with Gasteiger partial charge in [0.15, 0.2) is 5.76 Å². The lowest BCUT2D eigenvalue weighted by Crippen LogP contribution is -2.42. The Morgan fingerprint density at radius 3 is 2.62 bits per heavy atom. The summed E-state index contributed by atoms with van der Waals surface area (Å²) < 4.78 is 5.76. The third-order valence-electron chi connectivity index (χ3n) is 6.39. The summed E-state index contributed by atoms with van der Waals surface area (Å²) in [4.78, 5) is 19.5. The van der Waals surface area contributed by atoms with Gasteiger partial charge in [-0.05, 0) is 79.9 Å². The lowest BCUT2D eigenvalue weighted by atomic mass is 9.84. The van der Waals surface area contributed by atoms with Gasteiger partial charge < -0.3 is 14.8 Å². The molecule has 1 aliphatic heterocycles. The van der Waals surface area contributed by atoms with E-state index >= 15 is 0 Å². The molecule has 34 heavy (non-hydrogen) atoms. The Hall–Kier alpha value is -3.19. The van der Waals surface area contributed by atoms with E-state index in [-0.39, 0.29) is 11.7 Å². The first-order valence-corrected chi connectivity index (χ1v) is 11.7. The van der Waals surface area contributed by atoms with E-state index in [1.165, 1.54) is 0 Å². The predicted molar refractivity (Wildman–Crippen MR) is 133 cm³/mol. The van der Waals surface area contributed by atoms with Gasteiger partial charge in [-0.2, -0.15) is 0 Å². The Morgan fingerprint density at radius 2 is 1.88 bits per heavy atom. The largest absolute Gasteiger partial charge is 0.451 e. The number of nitrogens with zero attached hydrogens (tertiary/aromatic N) is 2. The predicted octanol–water partition coefficient (Wildman–Crippen LogP) is 5.53. The van der Waals surface area contributed by atoms with E-state index in [0.717, 1.165) is 42.0 Å². The number of carbonyl (C=O) groups is 1. The number of anilines is 1. The SMILES string of the molecule is Cc1cccc(CN2CCC(O)(c3ccc4oc(C(=O)Nc5ccc(Cl)cc5)cc4c3)CC2)n1. The average Bonchev–Trinajstić information content (AvgIpc) is 3.26. The fraction of sp³-hybridized carbons (Fsp3) is 0.259. The first-order valence-electron chi connectivity index (χ1n) is 11.4. The van der Waals surface area contributed by atoms with Gasteiger partial charge in [0.05, 0.1) is 11.3 Å². The molecule has 174 valence electrons. The van der Waals surface area contributed by atoms with Crippen LogP contribution in [0.3, 0.4) is 0 Å². The van der Waals surface area contributed by atoms with Crippen molar-refractivity contribution < 1.29 is 14.3 Å². The number of piperidine rings is 1. The van der Waals surface area contributed by atoms with Crippen LogP contribution in [0.5, 0.6) is 0 Å². The molecule has 4 aromatic rings.